The highest BCUT2D eigenvalue weighted by molar-refractivity contribution is 5.95. The third-order valence-electron chi connectivity index (χ3n) is 4.58. The molecule has 2 aromatic rings. The lowest BCUT2D eigenvalue weighted by Crippen LogP contribution is -2.91. The van der Waals surface area contributed by atoms with Crippen LogP contribution in [0.3, 0.4) is 0 Å². The van der Waals surface area contributed by atoms with Gasteiger partial charge in [0.15, 0.2) is 6.04 Å². The van der Waals surface area contributed by atoms with E-state index in [0.29, 0.717) is 17.2 Å². The van der Waals surface area contributed by atoms with E-state index in [1.165, 1.54) is 11.1 Å². The van der Waals surface area contributed by atoms with Gasteiger partial charge in [-0.3, -0.25) is 9.59 Å². The molecule has 0 unspecified atom stereocenters. The molecule has 27 heavy (non-hydrogen) atoms. The normalized spacial score (nSPS) is 13.2. The number of hydrogen-bond acceptors (Lipinski definition) is 2. The lowest BCUT2D eigenvalue weighted by molar-refractivity contribution is -0.709. The number of nitrogens with one attached hydrogen (secondary N) is 1. The van der Waals surface area contributed by atoms with Crippen molar-refractivity contribution in [1.82, 2.24) is 0 Å². The summed E-state index contributed by atoms with van der Waals surface area (Å²) in [5.74, 6) is 0.0773. The van der Waals surface area contributed by atoms with E-state index in [0.717, 1.165) is 6.42 Å². The maximum atomic E-state index is 12.4. The van der Waals surface area contributed by atoms with Gasteiger partial charge in [0, 0.05) is 16.8 Å². The molecule has 0 spiro atoms. The summed E-state index contributed by atoms with van der Waals surface area (Å²) < 4.78 is 0. The van der Waals surface area contributed by atoms with Crippen molar-refractivity contribution in [2.24, 2.45) is 11.7 Å². The number of hydrogen-bond donors (Lipinski definition) is 3. The molecule has 0 saturated carbocycles. The zero-order chi connectivity index (χ0) is 20.0. The van der Waals surface area contributed by atoms with Crippen LogP contribution in [0, 0.1) is 5.92 Å². The minimum Gasteiger partial charge on any atom is -0.366 e. The molecule has 2 amide bonds. The summed E-state index contributed by atoms with van der Waals surface area (Å²) >= 11 is 0. The van der Waals surface area contributed by atoms with E-state index in [-0.39, 0.29) is 18.0 Å². The number of amides is 2. The number of nitrogens with two attached hydrogens (primary N) is 2. The van der Waals surface area contributed by atoms with Gasteiger partial charge in [0.25, 0.3) is 5.91 Å². The van der Waals surface area contributed by atoms with E-state index in [1.807, 2.05) is 12.2 Å². The maximum absolute atomic E-state index is 12.4. The Labute approximate surface area is 161 Å². The molecule has 5 nitrogen and oxygen atoms in total. The van der Waals surface area contributed by atoms with Crippen molar-refractivity contribution in [2.45, 2.75) is 46.2 Å². The number of primary amides is 1. The van der Waals surface area contributed by atoms with E-state index in [1.54, 1.807) is 24.3 Å². The largest absolute Gasteiger partial charge is 0.366 e. The predicted molar refractivity (Wildman–Crippen MR) is 108 cm³/mol. The molecule has 144 valence electrons. The van der Waals surface area contributed by atoms with Gasteiger partial charge >= 0.3 is 0 Å². The Kier molecular flexibility index (Phi) is 7.13. The number of rotatable bonds is 8. The highest BCUT2D eigenvalue weighted by Crippen LogP contribution is 2.14. The molecule has 0 aliphatic carbocycles. The van der Waals surface area contributed by atoms with Crippen molar-refractivity contribution >= 4 is 17.5 Å². The van der Waals surface area contributed by atoms with Gasteiger partial charge in [0.1, 0.15) is 6.04 Å². The van der Waals surface area contributed by atoms with E-state index >= 15 is 0 Å². The molecule has 0 aromatic heterocycles. The van der Waals surface area contributed by atoms with Gasteiger partial charge in [-0.2, -0.15) is 0 Å². The molecular weight excluding hydrogens is 338 g/mol. The number of carbonyl (C=O) groups is 2. The van der Waals surface area contributed by atoms with E-state index < -0.39 is 5.91 Å². The lowest BCUT2D eigenvalue weighted by Gasteiger charge is -2.17. The minimum atomic E-state index is -0.484. The Morgan fingerprint density at radius 1 is 0.963 bits per heavy atom. The summed E-state index contributed by atoms with van der Waals surface area (Å²) in [6, 6.07) is 15.1. The highest BCUT2D eigenvalue weighted by Gasteiger charge is 2.20. The average Bonchev–Trinajstić information content (AvgIpc) is 2.62. The Morgan fingerprint density at radius 2 is 1.56 bits per heavy atom. The van der Waals surface area contributed by atoms with Gasteiger partial charge in [-0.1, -0.05) is 38.1 Å². The van der Waals surface area contributed by atoms with Crippen LogP contribution in [0.2, 0.25) is 0 Å². The van der Waals surface area contributed by atoms with Gasteiger partial charge in [0.2, 0.25) is 5.91 Å². The van der Waals surface area contributed by atoms with Crippen molar-refractivity contribution in [3.63, 3.8) is 0 Å². The number of quaternary nitrogens is 1. The van der Waals surface area contributed by atoms with E-state index in [9.17, 15) is 9.59 Å². The highest BCUT2D eigenvalue weighted by atomic mass is 16.2. The van der Waals surface area contributed by atoms with Gasteiger partial charge in [0.05, 0.1) is 0 Å². The van der Waals surface area contributed by atoms with Crippen LogP contribution < -0.4 is 16.4 Å². The van der Waals surface area contributed by atoms with Crippen LogP contribution in [0.4, 0.5) is 5.69 Å². The molecule has 2 aromatic carbocycles. The third-order valence-corrected chi connectivity index (χ3v) is 4.58. The van der Waals surface area contributed by atoms with Crippen molar-refractivity contribution in [3.8, 4) is 0 Å². The van der Waals surface area contributed by atoms with Crippen LogP contribution in [-0.4, -0.2) is 17.9 Å². The molecule has 0 aliphatic rings. The standard InChI is InChI=1S/C22H29N3O2/c1-14(2)13-17-5-7-18(8-6-17)15(3)24-16(4)22(27)25-20-11-9-19(10-12-20)21(23)26/h5-12,14-16,24H,13H2,1-4H3,(H2,23,26)(H,25,27)/p+1/t15-,16+/m0/s1. The quantitative estimate of drug-likeness (QED) is 0.669. The predicted octanol–water partition coefficient (Wildman–Crippen LogP) is 2.64. The second kappa shape index (κ2) is 9.33. The van der Waals surface area contributed by atoms with Crippen LogP contribution in [0.1, 0.15) is 55.2 Å². The fourth-order valence-electron chi connectivity index (χ4n) is 3.03. The zero-order valence-electron chi connectivity index (χ0n) is 16.5. The maximum Gasteiger partial charge on any atom is 0.282 e. The Hall–Kier alpha value is -2.66. The summed E-state index contributed by atoms with van der Waals surface area (Å²) in [5, 5.41) is 4.92. The first-order chi connectivity index (χ1) is 12.8. The first-order valence-corrected chi connectivity index (χ1v) is 9.40. The van der Waals surface area contributed by atoms with Crippen LogP contribution in [0.5, 0.6) is 0 Å². The molecule has 2 atom stereocenters. The molecule has 2 rings (SSSR count). The molecule has 0 fully saturated rings. The molecule has 5 heteroatoms. The van der Waals surface area contributed by atoms with Crippen LogP contribution in [0.25, 0.3) is 0 Å². The number of anilines is 1. The molecular formula is C22H30N3O2+. The molecule has 0 radical (unpaired) electrons. The molecule has 5 N–H and O–H groups in total. The average molecular weight is 369 g/mol. The Morgan fingerprint density at radius 3 is 2.07 bits per heavy atom. The lowest BCUT2D eigenvalue weighted by atomic mass is 9.99. The molecule has 0 aliphatic heterocycles. The van der Waals surface area contributed by atoms with Gasteiger partial charge < -0.3 is 16.4 Å². The Balaban J connectivity index is 1.91. The van der Waals surface area contributed by atoms with E-state index in [4.69, 9.17) is 5.73 Å². The SMILES string of the molecule is CC(C)Cc1ccc([C@H](C)[NH2+][C@H](C)C(=O)Nc2ccc(C(N)=O)cc2)cc1. The van der Waals surface area contributed by atoms with Gasteiger partial charge in [-0.05, 0) is 56.0 Å². The second-order valence-electron chi connectivity index (χ2n) is 7.54. The fourth-order valence-corrected chi connectivity index (χ4v) is 3.03. The van der Waals surface area contributed by atoms with E-state index in [2.05, 4.69) is 50.4 Å². The van der Waals surface area contributed by atoms with Crippen molar-refractivity contribution in [2.75, 3.05) is 5.32 Å². The molecule has 0 saturated heterocycles. The monoisotopic (exact) mass is 368 g/mol. The summed E-state index contributed by atoms with van der Waals surface area (Å²) in [5.41, 5.74) is 8.83. The van der Waals surface area contributed by atoms with Crippen molar-refractivity contribution in [3.05, 3.63) is 65.2 Å². The topological polar surface area (TPSA) is 88.8 Å². The van der Waals surface area contributed by atoms with Gasteiger partial charge in [-0.15, -0.1) is 0 Å². The minimum absolute atomic E-state index is 0.0786. The molecule has 0 heterocycles. The van der Waals surface area contributed by atoms with Crippen molar-refractivity contribution in [1.29, 1.82) is 0 Å². The summed E-state index contributed by atoms with van der Waals surface area (Å²) in [6.45, 7) is 8.41. The number of carbonyl (C=O) groups excluding carboxylic acids is 2. The zero-order valence-corrected chi connectivity index (χ0v) is 16.5. The summed E-state index contributed by atoms with van der Waals surface area (Å²) in [4.78, 5) is 23.5. The first-order valence-electron chi connectivity index (χ1n) is 9.40. The molecule has 0 bridgehead atoms. The number of benzene rings is 2. The fraction of sp³-hybridized carbons (Fsp3) is 0.364. The van der Waals surface area contributed by atoms with Crippen molar-refractivity contribution < 1.29 is 14.9 Å². The Bertz CT molecular complexity index is 767. The van der Waals surface area contributed by atoms with Crippen LogP contribution in [-0.2, 0) is 11.2 Å². The summed E-state index contributed by atoms with van der Waals surface area (Å²) in [6.07, 6.45) is 1.08. The third kappa shape index (κ3) is 6.22. The van der Waals surface area contributed by atoms with Crippen LogP contribution >= 0.6 is 0 Å². The second-order valence-corrected chi connectivity index (χ2v) is 7.54. The first kappa shape index (κ1) is 20.6. The summed E-state index contributed by atoms with van der Waals surface area (Å²) in [7, 11) is 0. The van der Waals surface area contributed by atoms with Gasteiger partial charge in [-0.25, -0.2) is 0 Å². The van der Waals surface area contributed by atoms with Crippen LogP contribution in [0.15, 0.2) is 48.5 Å². The smallest absolute Gasteiger partial charge is 0.282 e.